The van der Waals surface area contributed by atoms with Crippen molar-refractivity contribution in [1.29, 1.82) is 0 Å². The topological polar surface area (TPSA) is 55.6 Å². The third-order valence-corrected chi connectivity index (χ3v) is 2.55. The lowest BCUT2D eigenvalue weighted by atomic mass is 10.1. The number of nitrogens with two attached hydrogens (primary N) is 1. The second-order valence-corrected chi connectivity index (χ2v) is 4.08. The van der Waals surface area contributed by atoms with Crippen molar-refractivity contribution in [2.24, 2.45) is 5.73 Å². The number of carbonyl (C=O) groups excluding carboxylic acids is 1. The van der Waals surface area contributed by atoms with Crippen LogP contribution >= 0.6 is 0 Å². The number of rotatable bonds is 6. The van der Waals surface area contributed by atoms with E-state index < -0.39 is 6.10 Å². The SMILES string of the molecule is CN(C)C(=O)[C@@H](CCc1ccccc1)OCN. The molecule has 0 unspecified atom stereocenters. The van der Waals surface area contributed by atoms with Crippen LogP contribution in [0.15, 0.2) is 30.3 Å². The Kier molecular flexibility index (Phi) is 5.66. The minimum atomic E-state index is -0.449. The number of hydrogen-bond acceptors (Lipinski definition) is 3. The molecule has 0 radical (unpaired) electrons. The average molecular weight is 236 g/mol. The zero-order valence-electron chi connectivity index (χ0n) is 10.4. The molecule has 1 rings (SSSR count). The number of amides is 1. The summed E-state index contributed by atoms with van der Waals surface area (Å²) in [5, 5.41) is 0. The van der Waals surface area contributed by atoms with Crippen LogP contribution in [0.25, 0.3) is 0 Å². The maximum absolute atomic E-state index is 11.8. The van der Waals surface area contributed by atoms with Crippen LogP contribution in [0.3, 0.4) is 0 Å². The molecule has 0 aliphatic rings. The Morgan fingerprint density at radius 1 is 1.35 bits per heavy atom. The first-order valence-corrected chi connectivity index (χ1v) is 5.72. The summed E-state index contributed by atoms with van der Waals surface area (Å²) in [5.41, 5.74) is 6.54. The molecule has 0 aliphatic carbocycles. The number of hydrogen-bond donors (Lipinski definition) is 1. The molecule has 0 aromatic heterocycles. The van der Waals surface area contributed by atoms with Crippen LogP contribution in [0.1, 0.15) is 12.0 Å². The summed E-state index contributed by atoms with van der Waals surface area (Å²) in [6, 6.07) is 10.0. The maximum Gasteiger partial charge on any atom is 0.251 e. The van der Waals surface area contributed by atoms with E-state index in [0.717, 1.165) is 6.42 Å². The monoisotopic (exact) mass is 236 g/mol. The zero-order valence-corrected chi connectivity index (χ0v) is 10.4. The number of aryl methyl sites for hydroxylation is 1. The molecule has 0 saturated carbocycles. The number of benzene rings is 1. The number of nitrogens with zero attached hydrogens (tertiary/aromatic N) is 1. The van der Waals surface area contributed by atoms with Crippen LogP contribution in [0, 0.1) is 0 Å². The molecular formula is C13H20N2O2. The van der Waals surface area contributed by atoms with Gasteiger partial charge in [0.25, 0.3) is 5.91 Å². The number of carbonyl (C=O) groups is 1. The van der Waals surface area contributed by atoms with Crippen molar-refractivity contribution in [3.63, 3.8) is 0 Å². The summed E-state index contributed by atoms with van der Waals surface area (Å²) < 4.78 is 5.27. The van der Waals surface area contributed by atoms with Crippen molar-refractivity contribution in [2.75, 3.05) is 20.8 Å². The first-order chi connectivity index (χ1) is 8.15. The highest BCUT2D eigenvalue weighted by molar-refractivity contribution is 5.80. The van der Waals surface area contributed by atoms with Gasteiger partial charge >= 0.3 is 0 Å². The highest BCUT2D eigenvalue weighted by Gasteiger charge is 2.20. The molecule has 4 nitrogen and oxygen atoms in total. The van der Waals surface area contributed by atoms with Crippen molar-refractivity contribution >= 4 is 5.91 Å². The normalized spacial score (nSPS) is 12.2. The average Bonchev–Trinajstić information content (AvgIpc) is 2.34. The molecule has 1 amide bonds. The Morgan fingerprint density at radius 3 is 2.53 bits per heavy atom. The van der Waals surface area contributed by atoms with Gasteiger partial charge in [0, 0.05) is 14.1 Å². The molecule has 0 bridgehead atoms. The van der Waals surface area contributed by atoms with Gasteiger partial charge in [0.1, 0.15) is 6.10 Å². The Hall–Kier alpha value is -1.39. The van der Waals surface area contributed by atoms with Gasteiger partial charge in [-0.15, -0.1) is 0 Å². The summed E-state index contributed by atoms with van der Waals surface area (Å²) in [7, 11) is 3.44. The van der Waals surface area contributed by atoms with Crippen molar-refractivity contribution in [3.05, 3.63) is 35.9 Å². The predicted molar refractivity (Wildman–Crippen MR) is 67.4 cm³/mol. The molecular weight excluding hydrogens is 216 g/mol. The van der Waals surface area contributed by atoms with Crippen LogP contribution in [0.4, 0.5) is 0 Å². The van der Waals surface area contributed by atoms with E-state index in [1.807, 2.05) is 30.3 Å². The summed E-state index contributed by atoms with van der Waals surface area (Å²) in [6.45, 7) is 0.0685. The fraction of sp³-hybridized carbons (Fsp3) is 0.462. The minimum absolute atomic E-state index is 0.0358. The van der Waals surface area contributed by atoms with Crippen LogP contribution in [0.5, 0.6) is 0 Å². The Labute approximate surface area is 102 Å². The molecule has 1 aromatic carbocycles. The largest absolute Gasteiger partial charge is 0.353 e. The highest BCUT2D eigenvalue weighted by atomic mass is 16.5. The van der Waals surface area contributed by atoms with Crippen molar-refractivity contribution in [2.45, 2.75) is 18.9 Å². The molecule has 0 aliphatic heterocycles. The van der Waals surface area contributed by atoms with Crippen LogP contribution in [-0.2, 0) is 16.0 Å². The third-order valence-electron chi connectivity index (χ3n) is 2.55. The van der Waals surface area contributed by atoms with E-state index in [4.69, 9.17) is 10.5 Å². The number of ether oxygens (including phenoxy) is 1. The van der Waals surface area contributed by atoms with Gasteiger partial charge in [0.2, 0.25) is 0 Å². The van der Waals surface area contributed by atoms with Gasteiger partial charge in [0.05, 0.1) is 6.73 Å². The van der Waals surface area contributed by atoms with Gasteiger partial charge < -0.3 is 15.4 Å². The van der Waals surface area contributed by atoms with Gasteiger partial charge in [-0.25, -0.2) is 0 Å². The zero-order chi connectivity index (χ0) is 12.7. The Balaban J connectivity index is 2.53. The van der Waals surface area contributed by atoms with Crippen molar-refractivity contribution < 1.29 is 9.53 Å². The number of likely N-dealkylation sites (N-methyl/N-ethyl adjacent to an activating group) is 1. The molecule has 0 saturated heterocycles. The smallest absolute Gasteiger partial charge is 0.251 e. The molecule has 2 N–H and O–H groups in total. The van der Waals surface area contributed by atoms with E-state index in [0.29, 0.717) is 6.42 Å². The first kappa shape index (κ1) is 13.7. The summed E-state index contributed by atoms with van der Waals surface area (Å²) >= 11 is 0. The minimum Gasteiger partial charge on any atom is -0.353 e. The summed E-state index contributed by atoms with van der Waals surface area (Å²) in [5.74, 6) is -0.0358. The third kappa shape index (κ3) is 4.54. The van der Waals surface area contributed by atoms with Gasteiger partial charge in [-0.05, 0) is 18.4 Å². The molecule has 0 fully saturated rings. The fourth-order valence-electron chi connectivity index (χ4n) is 1.62. The van der Waals surface area contributed by atoms with E-state index in [2.05, 4.69) is 0 Å². The van der Waals surface area contributed by atoms with E-state index in [1.54, 1.807) is 14.1 Å². The van der Waals surface area contributed by atoms with E-state index in [-0.39, 0.29) is 12.6 Å². The second-order valence-electron chi connectivity index (χ2n) is 4.08. The molecule has 1 atom stereocenters. The maximum atomic E-state index is 11.8. The van der Waals surface area contributed by atoms with Gasteiger partial charge in [-0.1, -0.05) is 30.3 Å². The molecule has 4 heteroatoms. The first-order valence-electron chi connectivity index (χ1n) is 5.72. The standard InChI is InChI=1S/C13H20N2O2/c1-15(2)13(16)12(17-10-14)9-8-11-6-4-3-5-7-11/h3-7,12H,8-10,14H2,1-2H3/t12-/m1/s1. The van der Waals surface area contributed by atoms with Crippen molar-refractivity contribution in [1.82, 2.24) is 4.90 Å². The van der Waals surface area contributed by atoms with E-state index >= 15 is 0 Å². The Bertz CT molecular complexity index is 339. The van der Waals surface area contributed by atoms with Gasteiger partial charge in [-0.3, -0.25) is 4.79 Å². The van der Waals surface area contributed by atoms with Crippen LogP contribution < -0.4 is 5.73 Å². The summed E-state index contributed by atoms with van der Waals surface area (Å²) in [4.78, 5) is 13.3. The van der Waals surface area contributed by atoms with Crippen molar-refractivity contribution in [3.8, 4) is 0 Å². The van der Waals surface area contributed by atoms with Crippen LogP contribution in [-0.4, -0.2) is 37.7 Å². The lowest BCUT2D eigenvalue weighted by Gasteiger charge is -2.20. The summed E-state index contributed by atoms with van der Waals surface area (Å²) in [6.07, 6.45) is 1.01. The van der Waals surface area contributed by atoms with E-state index in [9.17, 15) is 4.79 Å². The molecule has 0 heterocycles. The predicted octanol–water partition coefficient (Wildman–Crippen LogP) is 1.01. The quantitative estimate of drug-likeness (QED) is 0.750. The highest BCUT2D eigenvalue weighted by Crippen LogP contribution is 2.08. The molecule has 0 spiro atoms. The Morgan fingerprint density at radius 2 is 2.00 bits per heavy atom. The molecule has 1 aromatic rings. The fourth-order valence-corrected chi connectivity index (χ4v) is 1.62. The van der Waals surface area contributed by atoms with E-state index in [1.165, 1.54) is 10.5 Å². The molecule has 94 valence electrons. The van der Waals surface area contributed by atoms with Crippen LogP contribution in [0.2, 0.25) is 0 Å². The lowest BCUT2D eigenvalue weighted by molar-refractivity contribution is -0.141. The van der Waals surface area contributed by atoms with Gasteiger partial charge in [0.15, 0.2) is 0 Å². The van der Waals surface area contributed by atoms with Gasteiger partial charge in [-0.2, -0.15) is 0 Å². The molecule has 17 heavy (non-hydrogen) atoms. The second kappa shape index (κ2) is 7.04. The lowest BCUT2D eigenvalue weighted by Crippen LogP contribution is -2.37.